The highest BCUT2D eigenvalue weighted by atomic mass is 35.5. The first-order chi connectivity index (χ1) is 9.63. The number of benzene rings is 1. The molecule has 3 rings (SSSR count). The van der Waals surface area contributed by atoms with Crippen molar-refractivity contribution in [3.05, 3.63) is 52.5 Å². The van der Waals surface area contributed by atoms with Gasteiger partial charge in [-0.1, -0.05) is 41.6 Å². The number of nitrogens with zero attached hydrogens (tertiary/aromatic N) is 2. The maximum atomic E-state index is 6.23. The number of halogens is 1. The summed E-state index contributed by atoms with van der Waals surface area (Å²) in [5, 5.41) is 2.30. The van der Waals surface area contributed by atoms with Crippen molar-refractivity contribution >= 4 is 34.3 Å². The Bertz CT molecular complexity index is 750. The Morgan fingerprint density at radius 2 is 2.00 bits per heavy atom. The Morgan fingerprint density at radius 1 is 1.20 bits per heavy atom. The number of rotatable bonds is 3. The topological polar surface area (TPSA) is 38.9 Å². The van der Waals surface area contributed by atoms with Crippen LogP contribution in [0.25, 0.3) is 10.9 Å². The van der Waals surface area contributed by atoms with E-state index in [0.717, 1.165) is 27.9 Å². The number of fused-ring (bicyclic) bond motifs is 1. The minimum Gasteiger partial charge on any atom is -0.437 e. The molecule has 0 saturated heterocycles. The molecule has 5 heteroatoms. The maximum absolute atomic E-state index is 6.23. The average molecular weight is 305 g/mol. The second kappa shape index (κ2) is 5.46. The molecule has 0 N–H and O–H groups in total. The Morgan fingerprint density at radius 3 is 2.75 bits per heavy atom. The zero-order chi connectivity index (χ0) is 14.1. The third-order valence-electron chi connectivity index (χ3n) is 3.11. The van der Waals surface area contributed by atoms with Crippen molar-refractivity contribution in [1.29, 1.82) is 0 Å². The van der Waals surface area contributed by atoms with Gasteiger partial charge in [-0.3, -0.25) is 0 Å². The number of aryl methyl sites for hydroxylation is 2. The van der Waals surface area contributed by atoms with Gasteiger partial charge in [0.05, 0.1) is 11.2 Å². The molecule has 3 aromatic rings. The fourth-order valence-corrected chi connectivity index (χ4v) is 3.06. The molecule has 0 bridgehead atoms. The summed E-state index contributed by atoms with van der Waals surface area (Å²) >= 11 is 7.76. The lowest BCUT2D eigenvalue weighted by atomic mass is 10.2. The first-order valence-electron chi connectivity index (χ1n) is 6.24. The molecule has 20 heavy (non-hydrogen) atoms. The van der Waals surface area contributed by atoms with Gasteiger partial charge in [-0.15, -0.1) is 0 Å². The third kappa shape index (κ3) is 2.67. The van der Waals surface area contributed by atoms with Crippen molar-refractivity contribution in [2.45, 2.75) is 24.8 Å². The van der Waals surface area contributed by atoms with E-state index in [1.54, 1.807) is 0 Å². The van der Waals surface area contributed by atoms with Crippen molar-refractivity contribution < 1.29 is 4.42 Å². The second-order valence-corrected chi connectivity index (χ2v) is 5.83. The molecule has 0 radical (unpaired) electrons. The van der Waals surface area contributed by atoms with E-state index >= 15 is 0 Å². The van der Waals surface area contributed by atoms with Crippen molar-refractivity contribution in [2.75, 3.05) is 0 Å². The molecular formula is C15H13ClN2OS. The van der Waals surface area contributed by atoms with Crippen LogP contribution in [0.4, 0.5) is 0 Å². The standard InChI is InChI=1S/C15H13ClN2OS/c1-9-10(2)19-15(17-9)20-8-12-7-11-5-3-4-6-13(11)18-14(12)16/h3-7H,8H2,1-2H3. The lowest BCUT2D eigenvalue weighted by Gasteiger charge is -2.04. The maximum Gasteiger partial charge on any atom is 0.256 e. The molecule has 0 spiro atoms. The summed E-state index contributed by atoms with van der Waals surface area (Å²) in [4.78, 5) is 8.76. The predicted molar refractivity (Wildman–Crippen MR) is 82.3 cm³/mol. The van der Waals surface area contributed by atoms with E-state index in [1.165, 1.54) is 11.8 Å². The van der Waals surface area contributed by atoms with Crippen molar-refractivity contribution in [2.24, 2.45) is 0 Å². The molecule has 0 aliphatic heterocycles. The molecule has 1 aromatic carbocycles. The van der Waals surface area contributed by atoms with E-state index in [2.05, 4.69) is 16.0 Å². The van der Waals surface area contributed by atoms with Gasteiger partial charge in [0.25, 0.3) is 5.22 Å². The van der Waals surface area contributed by atoms with Gasteiger partial charge in [-0.05, 0) is 26.0 Å². The Labute approximate surface area is 126 Å². The molecule has 2 aromatic heterocycles. The van der Waals surface area contributed by atoms with Gasteiger partial charge >= 0.3 is 0 Å². The van der Waals surface area contributed by atoms with Gasteiger partial charge < -0.3 is 4.42 Å². The van der Waals surface area contributed by atoms with Crippen LogP contribution in [0.2, 0.25) is 5.15 Å². The fraction of sp³-hybridized carbons (Fsp3) is 0.200. The van der Waals surface area contributed by atoms with Crippen molar-refractivity contribution in [1.82, 2.24) is 9.97 Å². The highest BCUT2D eigenvalue weighted by Gasteiger charge is 2.09. The van der Waals surface area contributed by atoms with Gasteiger partial charge in [-0.2, -0.15) is 0 Å². The van der Waals surface area contributed by atoms with Crippen LogP contribution in [-0.4, -0.2) is 9.97 Å². The first kappa shape index (κ1) is 13.5. The van der Waals surface area contributed by atoms with E-state index in [0.29, 0.717) is 16.1 Å². The minimum absolute atomic E-state index is 0.538. The number of hydrogen-bond acceptors (Lipinski definition) is 4. The van der Waals surface area contributed by atoms with E-state index in [1.807, 2.05) is 38.1 Å². The van der Waals surface area contributed by atoms with Crippen LogP contribution in [0.1, 0.15) is 17.0 Å². The van der Waals surface area contributed by atoms with E-state index in [9.17, 15) is 0 Å². The molecule has 0 fully saturated rings. The van der Waals surface area contributed by atoms with Crippen LogP contribution >= 0.6 is 23.4 Å². The Balaban J connectivity index is 1.85. The summed E-state index contributed by atoms with van der Waals surface area (Å²) in [6, 6.07) is 10.0. The molecule has 2 heterocycles. The van der Waals surface area contributed by atoms with Crippen LogP contribution in [0.5, 0.6) is 0 Å². The normalized spacial score (nSPS) is 11.2. The smallest absolute Gasteiger partial charge is 0.256 e. The fourth-order valence-electron chi connectivity index (χ4n) is 1.88. The quantitative estimate of drug-likeness (QED) is 0.515. The number of thioether (sulfide) groups is 1. The Kier molecular flexibility index (Phi) is 3.68. The van der Waals surface area contributed by atoms with Crippen LogP contribution < -0.4 is 0 Å². The molecule has 0 aliphatic carbocycles. The van der Waals surface area contributed by atoms with Gasteiger partial charge in [-0.25, -0.2) is 9.97 Å². The summed E-state index contributed by atoms with van der Waals surface area (Å²) in [5.74, 6) is 1.55. The lowest BCUT2D eigenvalue weighted by molar-refractivity contribution is 0.431. The molecule has 102 valence electrons. The minimum atomic E-state index is 0.538. The SMILES string of the molecule is Cc1nc(SCc2cc3ccccc3nc2Cl)oc1C. The first-order valence-corrected chi connectivity index (χ1v) is 7.61. The summed E-state index contributed by atoms with van der Waals surface area (Å²) in [6.45, 7) is 3.85. The summed E-state index contributed by atoms with van der Waals surface area (Å²) in [6.07, 6.45) is 0. The molecule has 0 unspecified atom stereocenters. The molecule has 3 nitrogen and oxygen atoms in total. The number of aromatic nitrogens is 2. The average Bonchev–Trinajstić information content (AvgIpc) is 2.75. The van der Waals surface area contributed by atoms with Crippen LogP contribution in [0.15, 0.2) is 40.0 Å². The summed E-state index contributed by atoms with van der Waals surface area (Å²) in [5.41, 5.74) is 2.83. The summed E-state index contributed by atoms with van der Waals surface area (Å²) < 4.78 is 5.55. The monoisotopic (exact) mass is 304 g/mol. The zero-order valence-corrected chi connectivity index (χ0v) is 12.8. The van der Waals surface area contributed by atoms with Gasteiger partial charge in [0, 0.05) is 16.7 Å². The molecule has 0 amide bonds. The van der Waals surface area contributed by atoms with E-state index < -0.39 is 0 Å². The van der Waals surface area contributed by atoms with Gasteiger partial charge in [0.2, 0.25) is 0 Å². The predicted octanol–water partition coefficient (Wildman–Crippen LogP) is 4.79. The second-order valence-electron chi connectivity index (χ2n) is 4.54. The number of para-hydroxylation sites is 1. The van der Waals surface area contributed by atoms with Crippen LogP contribution in [0.3, 0.4) is 0 Å². The van der Waals surface area contributed by atoms with Crippen LogP contribution in [0, 0.1) is 13.8 Å². The molecular weight excluding hydrogens is 292 g/mol. The lowest BCUT2D eigenvalue weighted by Crippen LogP contribution is -1.88. The van der Waals surface area contributed by atoms with Gasteiger partial charge in [0.1, 0.15) is 10.9 Å². The number of hydrogen-bond donors (Lipinski definition) is 0. The Hall–Kier alpha value is -1.52. The van der Waals surface area contributed by atoms with Crippen LogP contribution in [-0.2, 0) is 5.75 Å². The highest BCUT2D eigenvalue weighted by Crippen LogP contribution is 2.28. The number of oxazole rings is 1. The number of pyridine rings is 1. The molecule has 0 saturated carbocycles. The molecule has 0 aliphatic rings. The zero-order valence-electron chi connectivity index (χ0n) is 11.2. The van der Waals surface area contributed by atoms with Gasteiger partial charge in [0.15, 0.2) is 0 Å². The molecule has 0 atom stereocenters. The van der Waals surface area contributed by atoms with Crippen molar-refractivity contribution in [3.63, 3.8) is 0 Å². The van der Waals surface area contributed by atoms with E-state index in [-0.39, 0.29) is 0 Å². The van der Waals surface area contributed by atoms with Crippen molar-refractivity contribution in [3.8, 4) is 0 Å². The van der Waals surface area contributed by atoms with E-state index in [4.69, 9.17) is 16.0 Å². The summed E-state index contributed by atoms with van der Waals surface area (Å²) in [7, 11) is 0. The highest BCUT2D eigenvalue weighted by molar-refractivity contribution is 7.98. The largest absolute Gasteiger partial charge is 0.437 e. The third-order valence-corrected chi connectivity index (χ3v) is 4.31.